The number of aliphatic hydroxyl groups is 1. The SMILES string of the molecule is CC(C)C(CC[C@](C)(O)NC(=O)O)NC(=O)O. The highest BCUT2D eigenvalue weighted by Gasteiger charge is 2.25. The molecule has 1 unspecified atom stereocenters. The second kappa shape index (κ2) is 6.29. The van der Waals surface area contributed by atoms with Gasteiger partial charge in [-0.1, -0.05) is 13.8 Å². The average Bonchev–Trinajstić information content (AvgIpc) is 2.08. The van der Waals surface area contributed by atoms with Crippen LogP contribution in [0.2, 0.25) is 0 Å². The van der Waals surface area contributed by atoms with Gasteiger partial charge in [-0.05, 0) is 25.7 Å². The number of hydrogen-bond acceptors (Lipinski definition) is 3. The first-order valence-electron chi connectivity index (χ1n) is 5.37. The summed E-state index contributed by atoms with van der Waals surface area (Å²) in [6.07, 6.45) is -1.98. The fourth-order valence-electron chi connectivity index (χ4n) is 1.46. The Morgan fingerprint density at radius 1 is 1.24 bits per heavy atom. The highest BCUT2D eigenvalue weighted by molar-refractivity contribution is 5.65. The van der Waals surface area contributed by atoms with Crippen LogP contribution in [-0.4, -0.2) is 39.3 Å². The predicted octanol–water partition coefficient (Wildman–Crippen LogP) is 1.03. The van der Waals surface area contributed by atoms with Gasteiger partial charge in [0.1, 0.15) is 5.72 Å². The van der Waals surface area contributed by atoms with Gasteiger partial charge in [0.05, 0.1) is 0 Å². The highest BCUT2D eigenvalue weighted by atomic mass is 16.4. The molecule has 0 fully saturated rings. The van der Waals surface area contributed by atoms with Crippen LogP contribution >= 0.6 is 0 Å². The van der Waals surface area contributed by atoms with Crippen LogP contribution in [0.1, 0.15) is 33.6 Å². The van der Waals surface area contributed by atoms with Crippen LogP contribution in [0, 0.1) is 5.92 Å². The van der Waals surface area contributed by atoms with Crippen molar-refractivity contribution in [3.8, 4) is 0 Å². The molecule has 17 heavy (non-hydrogen) atoms. The van der Waals surface area contributed by atoms with Gasteiger partial charge in [0.25, 0.3) is 0 Å². The van der Waals surface area contributed by atoms with Crippen molar-refractivity contribution in [1.29, 1.82) is 0 Å². The lowest BCUT2D eigenvalue weighted by Crippen LogP contribution is -2.47. The third-order valence-corrected chi connectivity index (χ3v) is 2.43. The first kappa shape index (κ1) is 15.5. The number of carbonyl (C=O) groups is 2. The summed E-state index contributed by atoms with van der Waals surface area (Å²) in [7, 11) is 0. The molecule has 0 aromatic rings. The molecule has 7 nitrogen and oxygen atoms in total. The maximum atomic E-state index is 10.5. The molecule has 0 aliphatic carbocycles. The van der Waals surface area contributed by atoms with Gasteiger partial charge < -0.3 is 20.6 Å². The summed E-state index contributed by atoms with van der Waals surface area (Å²) in [5.74, 6) is 0.0618. The van der Waals surface area contributed by atoms with Crippen molar-refractivity contribution in [2.45, 2.75) is 45.4 Å². The largest absolute Gasteiger partial charge is 0.465 e. The lowest BCUT2D eigenvalue weighted by atomic mass is 9.96. The van der Waals surface area contributed by atoms with Crippen molar-refractivity contribution in [2.24, 2.45) is 5.92 Å². The lowest BCUT2D eigenvalue weighted by molar-refractivity contribution is 0.0139. The van der Waals surface area contributed by atoms with Crippen LogP contribution in [0.3, 0.4) is 0 Å². The Balaban J connectivity index is 4.29. The van der Waals surface area contributed by atoms with Crippen LogP contribution < -0.4 is 10.6 Å². The molecule has 0 rings (SSSR count). The maximum Gasteiger partial charge on any atom is 0.406 e. The standard InChI is InChI=1S/C10H20N2O5/c1-6(2)7(11-8(13)14)4-5-10(3,17)12-9(15)16/h6-7,11-12,17H,4-5H2,1-3H3,(H,13,14)(H,15,16)/t7?,10-/m0/s1. The molecule has 2 atom stereocenters. The molecule has 0 saturated heterocycles. The van der Waals surface area contributed by atoms with Crippen LogP contribution in [0.4, 0.5) is 9.59 Å². The second-order valence-electron chi connectivity index (χ2n) is 4.54. The third-order valence-electron chi connectivity index (χ3n) is 2.43. The van der Waals surface area contributed by atoms with Crippen molar-refractivity contribution < 1.29 is 24.9 Å². The highest BCUT2D eigenvalue weighted by Crippen LogP contribution is 2.15. The van der Waals surface area contributed by atoms with E-state index in [4.69, 9.17) is 10.2 Å². The summed E-state index contributed by atoms with van der Waals surface area (Å²) in [5, 5.41) is 31.1. The molecule has 0 spiro atoms. The van der Waals surface area contributed by atoms with Crippen molar-refractivity contribution in [1.82, 2.24) is 10.6 Å². The van der Waals surface area contributed by atoms with E-state index in [0.717, 1.165) is 0 Å². The van der Waals surface area contributed by atoms with Gasteiger partial charge in [-0.2, -0.15) is 0 Å². The van der Waals surface area contributed by atoms with E-state index in [-0.39, 0.29) is 18.4 Å². The number of hydrogen-bond donors (Lipinski definition) is 5. The average molecular weight is 248 g/mol. The fourth-order valence-corrected chi connectivity index (χ4v) is 1.46. The number of nitrogens with one attached hydrogen (secondary N) is 2. The van der Waals surface area contributed by atoms with E-state index in [1.165, 1.54) is 6.92 Å². The van der Waals surface area contributed by atoms with Crippen molar-refractivity contribution >= 4 is 12.2 Å². The van der Waals surface area contributed by atoms with Gasteiger partial charge in [-0.15, -0.1) is 0 Å². The summed E-state index contributed by atoms with van der Waals surface area (Å²) in [6, 6.07) is -0.324. The molecule has 0 heterocycles. The van der Waals surface area contributed by atoms with E-state index >= 15 is 0 Å². The van der Waals surface area contributed by atoms with Crippen LogP contribution in [-0.2, 0) is 0 Å². The van der Waals surface area contributed by atoms with Crippen molar-refractivity contribution in [3.05, 3.63) is 0 Å². The minimum atomic E-state index is -1.56. The summed E-state index contributed by atoms with van der Waals surface area (Å²) in [4.78, 5) is 20.9. The summed E-state index contributed by atoms with van der Waals surface area (Å²) < 4.78 is 0. The Labute approximate surface area is 99.8 Å². The van der Waals surface area contributed by atoms with E-state index in [1.807, 2.05) is 19.2 Å². The smallest absolute Gasteiger partial charge is 0.406 e. The van der Waals surface area contributed by atoms with Crippen LogP contribution in [0.25, 0.3) is 0 Å². The molecule has 0 aromatic carbocycles. The molecule has 2 amide bonds. The topological polar surface area (TPSA) is 119 Å². The molecule has 0 bridgehead atoms. The monoisotopic (exact) mass is 248 g/mol. The molecule has 0 aromatic heterocycles. The van der Waals surface area contributed by atoms with Gasteiger partial charge in [0.2, 0.25) is 0 Å². The Bertz CT molecular complexity index is 278. The van der Waals surface area contributed by atoms with E-state index in [2.05, 4.69) is 5.32 Å². The fraction of sp³-hybridized carbons (Fsp3) is 0.800. The Kier molecular flexibility index (Phi) is 5.73. The molecule has 5 N–H and O–H groups in total. The molecule has 0 aliphatic rings. The van der Waals surface area contributed by atoms with E-state index in [9.17, 15) is 14.7 Å². The zero-order chi connectivity index (χ0) is 13.6. The zero-order valence-corrected chi connectivity index (χ0v) is 10.2. The number of carboxylic acid groups (broad SMARTS) is 2. The van der Waals surface area contributed by atoms with Crippen LogP contribution in [0.15, 0.2) is 0 Å². The van der Waals surface area contributed by atoms with Crippen molar-refractivity contribution in [3.63, 3.8) is 0 Å². The number of rotatable bonds is 6. The molecule has 0 aliphatic heterocycles. The minimum Gasteiger partial charge on any atom is -0.465 e. The molecule has 0 saturated carbocycles. The lowest BCUT2D eigenvalue weighted by Gasteiger charge is -2.27. The van der Waals surface area contributed by atoms with Gasteiger partial charge in [-0.3, -0.25) is 5.32 Å². The van der Waals surface area contributed by atoms with Gasteiger partial charge in [0, 0.05) is 6.04 Å². The molecule has 0 radical (unpaired) electrons. The summed E-state index contributed by atoms with van der Waals surface area (Å²) >= 11 is 0. The third kappa shape index (κ3) is 7.40. The molecule has 100 valence electrons. The van der Waals surface area contributed by atoms with Gasteiger partial charge in [-0.25, -0.2) is 9.59 Å². The molecule has 7 heteroatoms. The predicted molar refractivity (Wildman–Crippen MR) is 60.8 cm³/mol. The Hall–Kier alpha value is -1.50. The first-order chi connectivity index (χ1) is 7.64. The van der Waals surface area contributed by atoms with Crippen LogP contribution in [0.5, 0.6) is 0 Å². The van der Waals surface area contributed by atoms with E-state index in [1.54, 1.807) is 0 Å². The van der Waals surface area contributed by atoms with E-state index < -0.39 is 17.9 Å². The minimum absolute atomic E-state index is 0.0618. The molecular formula is C10H20N2O5. The Morgan fingerprint density at radius 3 is 2.12 bits per heavy atom. The summed E-state index contributed by atoms with van der Waals surface area (Å²) in [5.41, 5.74) is -1.56. The van der Waals surface area contributed by atoms with Gasteiger partial charge in [0.15, 0.2) is 0 Å². The van der Waals surface area contributed by atoms with E-state index in [0.29, 0.717) is 6.42 Å². The maximum absolute atomic E-state index is 10.5. The zero-order valence-electron chi connectivity index (χ0n) is 10.2. The van der Waals surface area contributed by atoms with Gasteiger partial charge >= 0.3 is 12.2 Å². The quantitative estimate of drug-likeness (QED) is 0.450. The normalized spacial score (nSPS) is 16.1. The Morgan fingerprint density at radius 2 is 1.76 bits per heavy atom. The first-order valence-corrected chi connectivity index (χ1v) is 5.37. The summed E-state index contributed by atoms with van der Waals surface area (Å²) in [6.45, 7) is 5.03. The second-order valence-corrected chi connectivity index (χ2v) is 4.54. The molecular weight excluding hydrogens is 228 g/mol. The van der Waals surface area contributed by atoms with Crippen molar-refractivity contribution in [2.75, 3.05) is 0 Å². The number of amides is 2.